The van der Waals surface area contributed by atoms with Gasteiger partial charge in [-0.1, -0.05) is 32.8 Å². The van der Waals surface area contributed by atoms with Crippen LogP contribution >= 0.6 is 15.9 Å². The van der Waals surface area contributed by atoms with Gasteiger partial charge in [-0.15, -0.1) is 0 Å². The highest BCUT2D eigenvalue weighted by atomic mass is 79.9. The molecular weight excluding hydrogens is 305 g/mol. The molecule has 106 valence electrons. The Balaban J connectivity index is 2.09. The molecule has 1 aromatic rings. The van der Waals surface area contributed by atoms with Gasteiger partial charge in [0.2, 0.25) is 0 Å². The Bertz CT molecular complexity index is 425. The number of hydrogen-bond donors (Lipinski definition) is 1. The van der Waals surface area contributed by atoms with Crippen molar-refractivity contribution in [2.45, 2.75) is 52.0 Å². The number of rotatable bonds is 5. The molecule has 0 amide bonds. The summed E-state index contributed by atoms with van der Waals surface area (Å²) in [5.41, 5.74) is 1.60. The second-order valence-corrected chi connectivity index (χ2v) is 7.02. The molecule has 1 fully saturated rings. The molecule has 1 saturated carbocycles. The van der Waals surface area contributed by atoms with Crippen LogP contribution in [0.4, 0.5) is 4.39 Å². The average molecular weight is 328 g/mol. The zero-order valence-corrected chi connectivity index (χ0v) is 13.4. The lowest BCUT2D eigenvalue weighted by molar-refractivity contribution is 0.269. The van der Waals surface area contributed by atoms with E-state index in [1.54, 1.807) is 6.07 Å². The first-order valence-corrected chi connectivity index (χ1v) is 7.97. The molecule has 3 heteroatoms. The van der Waals surface area contributed by atoms with Crippen molar-refractivity contribution in [3.05, 3.63) is 34.1 Å². The molecule has 0 spiro atoms. The molecule has 1 aliphatic rings. The second-order valence-electron chi connectivity index (χ2n) is 6.17. The third-order valence-corrected chi connectivity index (χ3v) is 4.72. The highest BCUT2D eigenvalue weighted by Gasteiger charge is 2.33. The van der Waals surface area contributed by atoms with Gasteiger partial charge in [0.1, 0.15) is 5.82 Å². The Morgan fingerprint density at radius 1 is 1.32 bits per heavy atom. The van der Waals surface area contributed by atoms with Gasteiger partial charge < -0.3 is 5.32 Å². The van der Waals surface area contributed by atoms with Crippen LogP contribution in [0.5, 0.6) is 0 Å². The third kappa shape index (κ3) is 4.03. The fraction of sp³-hybridized carbons (Fsp3) is 0.625. The molecule has 0 atom stereocenters. The first kappa shape index (κ1) is 15.0. The summed E-state index contributed by atoms with van der Waals surface area (Å²) in [5.74, 6) is -0.176. The molecule has 0 heterocycles. The first-order valence-electron chi connectivity index (χ1n) is 7.18. The van der Waals surface area contributed by atoms with Crippen molar-refractivity contribution >= 4 is 15.9 Å². The zero-order chi connectivity index (χ0) is 13.9. The second kappa shape index (κ2) is 6.36. The van der Waals surface area contributed by atoms with Crippen molar-refractivity contribution in [1.82, 2.24) is 5.32 Å². The predicted molar refractivity (Wildman–Crippen MR) is 81.8 cm³/mol. The van der Waals surface area contributed by atoms with Crippen molar-refractivity contribution in [2.24, 2.45) is 5.41 Å². The minimum absolute atomic E-state index is 0.176. The molecule has 0 radical (unpaired) electrons. The molecule has 1 aromatic carbocycles. The summed E-state index contributed by atoms with van der Waals surface area (Å²) < 4.78 is 13.9. The smallest absolute Gasteiger partial charge is 0.137 e. The van der Waals surface area contributed by atoms with Gasteiger partial charge in [-0.2, -0.15) is 0 Å². The Labute approximate surface area is 124 Å². The van der Waals surface area contributed by atoms with Gasteiger partial charge >= 0.3 is 0 Å². The monoisotopic (exact) mass is 327 g/mol. The van der Waals surface area contributed by atoms with Crippen LogP contribution in [0.1, 0.15) is 45.1 Å². The molecule has 0 aliphatic heterocycles. The normalized spacial score (nSPS) is 18.2. The van der Waals surface area contributed by atoms with E-state index in [1.807, 2.05) is 12.1 Å². The van der Waals surface area contributed by atoms with Gasteiger partial charge in [0.25, 0.3) is 0 Å². The minimum Gasteiger partial charge on any atom is -0.314 e. The lowest BCUT2D eigenvalue weighted by Gasteiger charge is -2.30. The lowest BCUT2D eigenvalue weighted by Crippen LogP contribution is -2.37. The Hall–Kier alpha value is -0.410. The van der Waals surface area contributed by atoms with Crippen LogP contribution in [0.15, 0.2) is 22.7 Å². The molecule has 1 N–H and O–H groups in total. The topological polar surface area (TPSA) is 12.0 Å². The van der Waals surface area contributed by atoms with E-state index in [-0.39, 0.29) is 5.82 Å². The van der Waals surface area contributed by atoms with Gasteiger partial charge in [0.15, 0.2) is 0 Å². The Morgan fingerprint density at radius 3 is 2.58 bits per heavy atom. The largest absolute Gasteiger partial charge is 0.314 e. The molecule has 1 nitrogen and oxygen atoms in total. The van der Waals surface area contributed by atoms with E-state index in [9.17, 15) is 4.39 Å². The van der Waals surface area contributed by atoms with Crippen molar-refractivity contribution < 1.29 is 4.39 Å². The van der Waals surface area contributed by atoms with E-state index in [1.165, 1.54) is 31.2 Å². The van der Waals surface area contributed by atoms with Crippen LogP contribution in [-0.2, 0) is 6.42 Å². The maximum Gasteiger partial charge on any atom is 0.137 e. The molecule has 0 unspecified atom stereocenters. The molecule has 0 bridgehead atoms. The van der Waals surface area contributed by atoms with E-state index >= 15 is 0 Å². The van der Waals surface area contributed by atoms with Gasteiger partial charge in [-0.05, 0) is 58.3 Å². The van der Waals surface area contributed by atoms with Crippen LogP contribution < -0.4 is 5.32 Å². The van der Waals surface area contributed by atoms with E-state index in [2.05, 4.69) is 35.1 Å². The van der Waals surface area contributed by atoms with Gasteiger partial charge in [-0.3, -0.25) is 0 Å². The van der Waals surface area contributed by atoms with Crippen LogP contribution in [0, 0.1) is 11.2 Å². The number of hydrogen-bond acceptors (Lipinski definition) is 1. The van der Waals surface area contributed by atoms with Crippen molar-refractivity contribution in [3.63, 3.8) is 0 Å². The van der Waals surface area contributed by atoms with Gasteiger partial charge in [-0.25, -0.2) is 4.39 Å². The standard InChI is InChI=1S/C16H23BrFN/c1-12(2)19-11-16(7-3-4-8-16)10-13-5-6-15(18)14(17)9-13/h5-6,9,12,19H,3-4,7-8,10-11H2,1-2H3. The fourth-order valence-electron chi connectivity index (χ4n) is 3.04. The molecule has 0 saturated heterocycles. The Kier molecular flexibility index (Phi) is 5.02. The maximum absolute atomic E-state index is 13.3. The predicted octanol–water partition coefficient (Wildman–Crippen LogP) is 4.69. The summed E-state index contributed by atoms with van der Waals surface area (Å²) in [4.78, 5) is 0. The highest BCUT2D eigenvalue weighted by molar-refractivity contribution is 9.10. The van der Waals surface area contributed by atoms with Crippen molar-refractivity contribution in [3.8, 4) is 0 Å². The Morgan fingerprint density at radius 2 is 2.00 bits per heavy atom. The number of benzene rings is 1. The van der Waals surface area contributed by atoms with Gasteiger partial charge in [0, 0.05) is 12.6 Å². The van der Waals surface area contributed by atoms with E-state index in [0.29, 0.717) is 15.9 Å². The molecule has 1 aliphatic carbocycles. The van der Waals surface area contributed by atoms with E-state index in [0.717, 1.165) is 13.0 Å². The van der Waals surface area contributed by atoms with Crippen LogP contribution in [0.3, 0.4) is 0 Å². The summed E-state index contributed by atoms with van der Waals surface area (Å²) in [7, 11) is 0. The third-order valence-electron chi connectivity index (χ3n) is 4.11. The molecular formula is C16H23BrFN. The van der Waals surface area contributed by atoms with Crippen molar-refractivity contribution in [1.29, 1.82) is 0 Å². The van der Waals surface area contributed by atoms with Gasteiger partial charge in [0.05, 0.1) is 4.47 Å². The quantitative estimate of drug-likeness (QED) is 0.827. The summed E-state index contributed by atoms with van der Waals surface area (Å²) in [6, 6.07) is 5.95. The number of nitrogens with one attached hydrogen (secondary N) is 1. The summed E-state index contributed by atoms with van der Waals surface area (Å²) in [6.07, 6.45) is 6.25. The average Bonchev–Trinajstić information content (AvgIpc) is 2.81. The molecule has 0 aromatic heterocycles. The molecule has 19 heavy (non-hydrogen) atoms. The van der Waals surface area contributed by atoms with Crippen LogP contribution in [0.25, 0.3) is 0 Å². The maximum atomic E-state index is 13.3. The summed E-state index contributed by atoms with van der Waals surface area (Å²) >= 11 is 3.28. The lowest BCUT2D eigenvalue weighted by atomic mass is 9.79. The molecule has 2 rings (SSSR count). The summed E-state index contributed by atoms with van der Waals surface area (Å²) in [6.45, 7) is 5.45. The fourth-order valence-corrected chi connectivity index (χ4v) is 3.47. The minimum atomic E-state index is -0.176. The van der Waals surface area contributed by atoms with E-state index in [4.69, 9.17) is 0 Å². The summed E-state index contributed by atoms with van der Waals surface area (Å²) in [5, 5.41) is 3.59. The van der Waals surface area contributed by atoms with E-state index < -0.39 is 0 Å². The SMILES string of the molecule is CC(C)NCC1(Cc2ccc(F)c(Br)c2)CCCC1. The van der Waals surface area contributed by atoms with Crippen LogP contribution in [-0.4, -0.2) is 12.6 Å². The number of halogens is 2. The van der Waals surface area contributed by atoms with Crippen molar-refractivity contribution in [2.75, 3.05) is 6.54 Å². The first-order chi connectivity index (χ1) is 9.01. The zero-order valence-electron chi connectivity index (χ0n) is 11.8. The highest BCUT2D eigenvalue weighted by Crippen LogP contribution is 2.41. The van der Waals surface area contributed by atoms with Crippen LogP contribution in [0.2, 0.25) is 0 Å².